The molecule has 2 heterocycles. The molecule has 3 rings (SSSR count). The highest BCUT2D eigenvalue weighted by Crippen LogP contribution is 2.31. The maximum atomic E-state index is 12.6. The van der Waals surface area contributed by atoms with Crippen LogP contribution in [0.15, 0.2) is 0 Å². The van der Waals surface area contributed by atoms with Crippen LogP contribution in [0.4, 0.5) is 0 Å². The second kappa shape index (κ2) is 6.63. The lowest BCUT2D eigenvalue weighted by molar-refractivity contribution is -0.137. The Labute approximate surface area is 127 Å². The SMILES string of the molecule is NCC1(C(=O)NC2CCN(CC3CC3)CC2)CCOCC1. The van der Waals surface area contributed by atoms with Crippen LogP contribution in [0, 0.1) is 11.3 Å². The Balaban J connectivity index is 1.46. The summed E-state index contributed by atoms with van der Waals surface area (Å²) in [7, 11) is 0. The molecule has 0 aromatic heterocycles. The molecule has 1 amide bonds. The van der Waals surface area contributed by atoms with Crippen LogP contribution < -0.4 is 11.1 Å². The van der Waals surface area contributed by atoms with Gasteiger partial charge in [-0.05, 0) is 44.4 Å². The van der Waals surface area contributed by atoms with Crippen molar-refractivity contribution in [3.63, 3.8) is 0 Å². The number of rotatable bonds is 5. The van der Waals surface area contributed by atoms with E-state index < -0.39 is 0 Å². The first-order valence-corrected chi connectivity index (χ1v) is 8.53. The number of ether oxygens (including phenoxy) is 1. The molecule has 2 aliphatic heterocycles. The molecule has 3 aliphatic rings. The minimum Gasteiger partial charge on any atom is -0.381 e. The van der Waals surface area contributed by atoms with Gasteiger partial charge in [-0.2, -0.15) is 0 Å². The van der Waals surface area contributed by atoms with Crippen LogP contribution in [0.3, 0.4) is 0 Å². The van der Waals surface area contributed by atoms with Crippen molar-refractivity contribution in [1.82, 2.24) is 10.2 Å². The second-order valence-corrected chi connectivity index (χ2v) is 7.09. The van der Waals surface area contributed by atoms with Gasteiger partial charge in [-0.15, -0.1) is 0 Å². The number of carbonyl (C=O) groups excluding carboxylic acids is 1. The van der Waals surface area contributed by atoms with E-state index in [1.807, 2.05) is 0 Å². The normalized spacial score (nSPS) is 27.5. The zero-order chi connectivity index (χ0) is 14.7. The Hall–Kier alpha value is -0.650. The third-order valence-corrected chi connectivity index (χ3v) is 5.46. The van der Waals surface area contributed by atoms with E-state index in [1.54, 1.807) is 0 Å². The molecule has 0 atom stereocenters. The molecule has 3 N–H and O–H groups in total. The second-order valence-electron chi connectivity index (χ2n) is 7.09. The van der Waals surface area contributed by atoms with Gasteiger partial charge in [0.2, 0.25) is 5.91 Å². The Morgan fingerprint density at radius 2 is 1.86 bits per heavy atom. The average molecular weight is 295 g/mol. The van der Waals surface area contributed by atoms with E-state index in [1.165, 1.54) is 19.4 Å². The molecule has 1 aliphatic carbocycles. The molecule has 0 aromatic rings. The number of likely N-dealkylation sites (tertiary alicyclic amines) is 1. The third-order valence-electron chi connectivity index (χ3n) is 5.46. The zero-order valence-electron chi connectivity index (χ0n) is 13.0. The highest BCUT2D eigenvalue weighted by atomic mass is 16.5. The van der Waals surface area contributed by atoms with Crippen LogP contribution in [-0.2, 0) is 9.53 Å². The number of carbonyl (C=O) groups is 1. The van der Waals surface area contributed by atoms with Crippen molar-refractivity contribution in [3.8, 4) is 0 Å². The summed E-state index contributed by atoms with van der Waals surface area (Å²) in [5.74, 6) is 1.12. The highest BCUT2D eigenvalue weighted by molar-refractivity contribution is 5.83. The fourth-order valence-corrected chi connectivity index (χ4v) is 3.55. The Morgan fingerprint density at radius 1 is 1.19 bits per heavy atom. The molecule has 2 saturated heterocycles. The van der Waals surface area contributed by atoms with Crippen molar-refractivity contribution in [1.29, 1.82) is 0 Å². The van der Waals surface area contributed by atoms with Gasteiger partial charge in [0.05, 0.1) is 5.41 Å². The first-order chi connectivity index (χ1) is 10.2. The maximum Gasteiger partial charge on any atom is 0.227 e. The molecule has 0 unspecified atom stereocenters. The number of nitrogens with zero attached hydrogens (tertiary/aromatic N) is 1. The van der Waals surface area contributed by atoms with Crippen LogP contribution in [0.2, 0.25) is 0 Å². The number of piperidine rings is 1. The minimum atomic E-state index is -0.386. The summed E-state index contributed by atoms with van der Waals surface area (Å²) in [6, 6.07) is 0.333. The van der Waals surface area contributed by atoms with Gasteiger partial charge in [0, 0.05) is 45.4 Å². The first-order valence-electron chi connectivity index (χ1n) is 8.53. The summed E-state index contributed by atoms with van der Waals surface area (Å²) in [5.41, 5.74) is 5.52. The lowest BCUT2D eigenvalue weighted by Crippen LogP contribution is -2.53. The molecule has 21 heavy (non-hydrogen) atoms. The van der Waals surface area contributed by atoms with Crippen LogP contribution in [-0.4, -0.2) is 56.2 Å². The van der Waals surface area contributed by atoms with Crippen molar-refractivity contribution >= 4 is 5.91 Å². The number of hydrogen-bond acceptors (Lipinski definition) is 4. The van der Waals surface area contributed by atoms with Crippen LogP contribution in [0.1, 0.15) is 38.5 Å². The van der Waals surface area contributed by atoms with Crippen LogP contribution in [0.5, 0.6) is 0 Å². The Morgan fingerprint density at radius 3 is 2.43 bits per heavy atom. The number of nitrogens with two attached hydrogens (primary N) is 1. The predicted octanol–water partition coefficient (Wildman–Crippen LogP) is 0.732. The lowest BCUT2D eigenvalue weighted by atomic mass is 9.79. The van der Waals surface area contributed by atoms with Crippen molar-refractivity contribution in [2.24, 2.45) is 17.1 Å². The number of nitrogens with one attached hydrogen (secondary N) is 1. The fraction of sp³-hybridized carbons (Fsp3) is 0.938. The maximum absolute atomic E-state index is 12.6. The van der Waals surface area contributed by atoms with Crippen LogP contribution >= 0.6 is 0 Å². The minimum absolute atomic E-state index is 0.161. The molecule has 0 radical (unpaired) electrons. The summed E-state index contributed by atoms with van der Waals surface area (Å²) in [4.78, 5) is 15.2. The highest BCUT2D eigenvalue weighted by Gasteiger charge is 2.39. The van der Waals surface area contributed by atoms with E-state index in [0.717, 1.165) is 44.7 Å². The van der Waals surface area contributed by atoms with Gasteiger partial charge in [0.15, 0.2) is 0 Å². The van der Waals surface area contributed by atoms with E-state index in [0.29, 0.717) is 25.8 Å². The number of hydrogen-bond donors (Lipinski definition) is 2. The molecular weight excluding hydrogens is 266 g/mol. The standard InChI is InChI=1S/C16H29N3O2/c17-12-16(5-9-21-10-6-16)15(20)18-14-3-7-19(8-4-14)11-13-1-2-13/h13-14H,1-12,17H2,(H,18,20). The van der Waals surface area contributed by atoms with Gasteiger partial charge in [-0.3, -0.25) is 4.79 Å². The van der Waals surface area contributed by atoms with Crippen molar-refractivity contribution in [2.45, 2.75) is 44.6 Å². The monoisotopic (exact) mass is 295 g/mol. The summed E-state index contributed by atoms with van der Waals surface area (Å²) in [5, 5.41) is 3.27. The van der Waals surface area contributed by atoms with Gasteiger partial charge >= 0.3 is 0 Å². The molecule has 3 fully saturated rings. The van der Waals surface area contributed by atoms with Crippen LogP contribution in [0.25, 0.3) is 0 Å². The molecule has 1 saturated carbocycles. The quantitative estimate of drug-likeness (QED) is 0.785. The van der Waals surface area contributed by atoms with Gasteiger partial charge in [-0.1, -0.05) is 0 Å². The predicted molar refractivity (Wildman–Crippen MR) is 81.9 cm³/mol. The van der Waals surface area contributed by atoms with Gasteiger partial charge in [0.1, 0.15) is 0 Å². The number of amides is 1. The van der Waals surface area contributed by atoms with E-state index >= 15 is 0 Å². The lowest BCUT2D eigenvalue weighted by Gasteiger charge is -2.38. The molecule has 120 valence electrons. The van der Waals surface area contributed by atoms with E-state index in [2.05, 4.69) is 10.2 Å². The summed E-state index contributed by atoms with van der Waals surface area (Å²) in [6.45, 7) is 5.27. The zero-order valence-corrected chi connectivity index (χ0v) is 13.0. The third kappa shape index (κ3) is 3.76. The first kappa shape index (κ1) is 15.3. The molecule has 5 heteroatoms. The largest absolute Gasteiger partial charge is 0.381 e. The summed E-state index contributed by atoms with van der Waals surface area (Å²) in [6.07, 6.45) is 6.51. The molecule has 0 spiro atoms. The topological polar surface area (TPSA) is 67.6 Å². The fourth-order valence-electron chi connectivity index (χ4n) is 3.55. The molecule has 0 bridgehead atoms. The smallest absolute Gasteiger partial charge is 0.227 e. The van der Waals surface area contributed by atoms with E-state index in [4.69, 9.17) is 10.5 Å². The van der Waals surface area contributed by atoms with E-state index in [9.17, 15) is 4.79 Å². The van der Waals surface area contributed by atoms with E-state index in [-0.39, 0.29) is 11.3 Å². The average Bonchev–Trinajstić information content (AvgIpc) is 3.34. The Kier molecular flexibility index (Phi) is 4.82. The van der Waals surface area contributed by atoms with Gasteiger partial charge in [-0.25, -0.2) is 0 Å². The summed E-state index contributed by atoms with van der Waals surface area (Å²) < 4.78 is 5.38. The molecule has 5 nitrogen and oxygen atoms in total. The summed E-state index contributed by atoms with van der Waals surface area (Å²) >= 11 is 0. The van der Waals surface area contributed by atoms with Gasteiger partial charge < -0.3 is 20.7 Å². The molecule has 0 aromatic carbocycles. The van der Waals surface area contributed by atoms with Gasteiger partial charge in [0.25, 0.3) is 0 Å². The molecular formula is C16H29N3O2. The van der Waals surface area contributed by atoms with Crippen molar-refractivity contribution < 1.29 is 9.53 Å². The Bertz CT molecular complexity index is 357. The van der Waals surface area contributed by atoms with Crippen molar-refractivity contribution in [3.05, 3.63) is 0 Å². The van der Waals surface area contributed by atoms with Crippen molar-refractivity contribution in [2.75, 3.05) is 39.4 Å².